The molecule has 0 saturated heterocycles. The largest absolute Gasteiger partial charge is 0.476 e. The fourth-order valence-corrected chi connectivity index (χ4v) is 11.9. The van der Waals surface area contributed by atoms with E-state index in [1.54, 1.807) is 7.11 Å². The molecule has 0 amide bonds. The van der Waals surface area contributed by atoms with Crippen LogP contribution in [0.2, 0.25) is 45.8 Å². The molecule has 4 nitrogen and oxygen atoms in total. The van der Waals surface area contributed by atoms with E-state index in [4.69, 9.17) is 17.4 Å². The Morgan fingerprint density at radius 3 is 1.41 bits per heavy atom. The molecule has 0 rings (SSSR count). The number of hydrogen-bond donors (Lipinski definition) is 0. The molecule has 0 aliphatic rings. The zero-order valence-electron chi connectivity index (χ0n) is 12.5. The summed E-state index contributed by atoms with van der Waals surface area (Å²) in [6.07, 6.45) is 0. The summed E-state index contributed by atoms with van der Waals surface area (Å²) in [6, 6.07) is 0. The highest BCUT2D eigenvalue weighted by molar-refractivity contribution is 6.85. The van der Waals surface area contributed by atoms with E-state index in [-0.39, 0.29) is 0 Å². The first-order valence-corrected chi connectivity index (χ1v) is 15.0. The predicted octanol–water partition coefficient (Wildman–Crippen LogP) is 2.92. The van der Waals surface area contributed by atoms with Crippen LogP contribution in [0, 0.1) is 0 Å². The Balaban J connectivity index is 4.57. The third-order valence-corrected chi connectivity index (χ3v) is 10.2. The maximum absolute atomic E-state index is 6.16. The van der Waals surface area contributed by atoms with Crippen LogP contribution >= 0.6 is 0 Å². The van der Waals surface area contributed by atoms with Crippen molar-refractivity contribution in [2.45, 2.75) is 45.8 Å². The minimum Gasteiger partial charge on any atom is -0.417 e. The lowest BCUT2D eigenvalue weighted by Gasteiger charge is -2.37. The Bertz CT molecular complexity index is 207. The molecule has 0 fully saturated rings. The highest BCUT2D eigenvalue weighted by atomic mass is 28.5. The van der Waals surface area contributed by atoms with Crippen LogP contribution in [0.15, 0.2) is 0 Å². The molecule has 0 aliphatic heterocycles. The summed E-state index contributed by atoms with van der Waals surface area (Å²) in [6.45, 7) is 16.1. The maximum Gasteiger partial charge on any atom is 0.476 e. The van der Waals surface area contributed by atoms with Crippen LogP contribution in [-0.2, 0) is 17.4 Å². The summed E-state index contributed by atoms with van der Waals surface area (Å²) < 4.78 is 23.2. The molecule has 17 heavy (non-hydrogen) atoms. The lowest BCUT2D eigenvalue weighted by Crippen LogP contribution is -2.55. The molecule has 0 saturated carbocycles. The highest BCUT2D eigenvalue weighted by Gasteiger charge is 2.42. The van der Waals surface area contributed by atoms with Crippen molar-refractivity contribution in [2.24, 2.45) is 0 Å². The van der Waals surface area contributed by atoms with Gasteiger partial charge in [-0.05, 0) is 39.3 Å². The van der Waals surface area contributed by atoms with Crippen molar-refractivity contribution in [2.75, 3.05) is 20.3 Å². The van der Waals surface area contributed by atoms with Gasteiger partial charge >= 0.3 is 8.80 Å². The van der Waals surface area contributed by atoms with Crippen LogP contribution < -0.4 is 0 Å². The molecule has 0 radical (unpaired) electrons. The van der Waals surface area contributed by atoms with Gasteiger partial charge in [-0.25, -0.2) is 0 Å². The van der Waals surface area contributed by atoms with E-state index in [0.29, 0.717) is 13.2 Å². The molecule has 0 aromatic heterocycles. The Hall–Kier alpha value is 0.491. The molecular weight excluding hydrogens is 268 g/mol. The summed E-state index contributed by atoms with van der Waals surface area (Å²) in [4.78, 5) is 0. The number of ether oxygens (including phenoxy) is 1. The van der Waals surface area contributed by atoms with Gasteiger partial charge in [0, 0.05) is 13.7 Å². The van der Waals surface area contributed by atoms with Gasteiger partial charge in [-0.1, -0.05) is 0 Å². The molecular formula is C10H28O4Si3. The molecule has 0 bridgehead atoms. The second-order valence-electron chi connectivity index (χ2n) is 6.13. The quantitative estimate of drug-likeness (QED) is 0.510. The van der Waals surface area contributed by atoms with Gasteiger partial charge in [0.1, 0.15) is 0 Å². The first-order chi connectivity index (χ1) is 7.47. The zero-order chi connectivity index (χ0) is 13.7. The Labute approximate surface area is 109 Å². The van der Waals surface area contributed by atoms with E-state index < -0.39 is 25.4 Å². The van der Waals surface area contributed by atoms with Crippen LogP contribution in [0.5, 0.6) is 0 Å². The molecule has 0 spiro atoms. The van der Waals surface area contributed by atoms with Gasteiger partial charge in [-0.3, -0.25) is 0 Å². The third-order valence-electron chi connectivity index (χ3n) is 1.63. The number of rotatable bonds is 8. The monoisotopic (exact) mass is 296 g/mol. The number of methoxy groups -OCH3 is 1. The van der Waals surface area contributed by atoms with Crippen molar-refractivity contribution in [1.29, 1.82) is 0 Å². The van der Waals surface area contributed by atoms with Gasteiger partial charge in [0.15, 0.2) is 16.6 Å². The van der Waals surface area contributed by atoms with E-state index in [0.717, 1.165) is 0 Å². The van der Waals surface area contributed by atoms with Crippen molar-refractivity contribution in [1.82, 2.24) is 0 Å². The van der Waals surface area contributed by atoms with E-state index in [2.05, 4.69) is 39.3 Å². The molecule has 0 unspecified atom stereocenters. The van der Waals surface area contributed by atoms with Gasteiger partial charge in [0.25, 0.3) is 0 Å². The van der Waals surface area contributed by atoms with Crippen LogP contribution in [0.4, 0.5) is 0 Å². The van der Waals surface area contributed by atoms with E-state index in [1.807, 2.05) is 6.55 Å². The smallest absolute Gasteiger partial charge is 0.417 e. The van der Waals surface area contributed by atoms with Crippen LogP contribution in [0.3, 0.4) is 0 Å². The lowest BCUT2D eigenvalue weighted by atomic mass is 10.8. The average Bonchev–Trinajstić information content (AvgIpc) is 1.96. The fourth-order valence-electron chi connectivity index (χ4n) is 1.50. The summed E-state index contributed by atoms with van der Waals surface area (Å²) in [5.41, 5.74) is 0. The average molecular weight is 297 g/mol. The summed E-state index contributed by atoms with van der Waals surface area (Å²) in [5.74, 6) is 0. The third kappa shape index (κ3) is 10.1. The molecule has 0 heterocycles. The second kappa shape index (κ2) is 6.60. The molecule has 0 aromatic carbocycles. The lowest BCUT2D eigenvalue weighted by molar-refractivity contribution is 0.102. The van der Waals surface area contributed by atoms with Gasteiger partial charge in [-0.2, -0.15) is 0 Å². The minimum absolute atomic E-state index is 0.536. The Morgan fingerprint density at radius 2 is 1.12 bits per heavy atom. The summed E-state index contributed by atoms with van der Waals surface area (Å²) >= 11 is 0. The number of hydrogen-bond acceptors (Lipinski definition) is 4. The minimum atomic E-state index is -2.51. The van der Waals surface area contributed by atoms with Crippen molar-refractivity contribution in [3.05, 3.63) is 0 Å². The van der Waals surface area contributed by atoms with Crippen LogP contribution in [0.25, 0.3) is 0 Å². The van der Waals surface area contributed by atoms with Crippen LogP contribution in [0.1, 0.15) is 0 Å². The molecule has 0 N–H and O–H groups in total. The molecule has 0 aromatic rings. The highest BCUT2D eigenvalue weighted by Crippen LogP contribution is 2.21. The zero-order valence-corrected chi connectivity index (χ0v) is 15.5. The van der Waals surface area contributed by atoms with Gasteiger partial charge in [-0.15, -0.1) is 0 Å². The SMILES string of the molecule is COCCO[Si](C)(O[Si](C)(C)C)O[Si](C)(C)C. The van der Waals surface area contributed by atoms with Gasteiger partial charge in [0.2, 0.25) is 0 Å². The summed E-state index contributed by atoms with van der Waals surface area (Å²) in [5, 5.41) is 0. The molecule has 7 heteroatoms. The fraction of sp³-hybridized carbons (Fsp3) is 1.00. The molecule has 0 aliphatic carbocycles. The van der Waals surface area contributed by atoms with Crippen molar-refractivity contribution in [3.63, 3.8) is 0 Å². The normalized spacial score (nSPS) is 14.1. The Kier molecular flexibility index (Phi) is 6.79. The second-order valence-corrected chi connectivity index (χ2v) is 18.2. The van der Waals surface area contributed by atoms with Crippen molar-refractivity contribution >= 4 is 25.4 Å². The first kappa shape index (κ1) is 17.5. The van der Waals surface area contributed by atoms with Gasteiger partial charge < -0.3 is 17.4 Å². The topological polar surface area (TPSA) is 36.9 Å². The van der Waals surface area contributed by atoms with E-state index >= 15 is 0 Å². The summed E-state index contributed by atoms with van der Waals surface area (Å²) in [7, 11) is -4.17. The van der Waals surface area contributed by atoms with Crippen molar-refractivity contribution in [3.8, 4) is 0 Å². The maximum atomic E-state index is 6.16. The molecule has 104 valence electrons. The Morgan fingerprint density at radius 1 is 0.706 bits per heavy atom. The van der Waals surface area contributed by atoms with E-state index in [9.17, 15) is 0 Å². The van der Waals surface area contributed by atoms with E-state index in [1.165, 1.54) is 0 Å². The first-order valence-electron chi connectivity index (χ1n) is 6.01. The predicted molar refractivity (Wildman–Crippen MR) is 78.3 cm³/mol. The standard InChI is InChI=1S/C10H28O4Si3/c1-11-9-10-12-17(8,13-15(2,3)4)14-16(5,6)7/h9-10H2,1-8H3. The van der Waals surface area contributed by atoms with Crippen molar-refractivity contribution < 1.29 is 17.4 Å². The molecule has 0 atom stereocenters. The van der Waals surface area contributed by atoms with Gasteiger partial charge in [0.05, 0.1) is 13.2 Å². The van der Waals surface area contributed by atoms with Crippen LogP contribution in [-0.4, -0.2) is 45.8 Å².